The standard InChI is InChI=1S/C16H13BrClIN2O3/c1-9-4-12(2-3-13(9)18)24-8-15(22)21-20-7-10-5-11(17)6-14(19)16(10)23/h2-7,23H,8H2,1H3,(H,21,22)/b20-7-. The highest BCUT2D eigenvalue weighted by atomic mass is 127. The third kappa shape index (κ3) is 5.35. The lowest BCUT2D eigenvalue weighted by Crippen LogP contribution is -2.24. The quantitative estimate of drug-likeness (QED) is 0.350. The molecule has 0 heterocycles. The van der Waals surface area contributed by atoms with Crippen LogP contribution >= 0.6 is 50.1 Å². The van der Waals surface area contributed by atoms with Crippen molar-refractivity contribution in [2.45, 2.75) is 6.92 Å². The predicted molar refractivity (Wildman–Crippen MR) is 106 cm³/mol. The van der Waals surface area contributed by atoms with Gasteiger partial charge in [-0.2, -0.15) is 5.10 Å². The Bertz CT molecular complexity index is 799. The Morgan fingerprint density at radius 1 is 1.46 bits per heavy atom. The molecule has 126 valence electrons. The molecule has 0 aliphatic rings. The largest absolute Gasteiger partial charge is 0.506 e. The lowest BCUT2D eigenvalue weighted by atomic mass is 10.2. The van der Waals surface area contributed by atoms with Crippen molar-refractivity contribution in [2.75, 3.05) is 6.61 Å². The minimum atomic E-state index is -0.414. The van der Waals surface area contributed by atoms with Crippen LogP contribution < -0.4 is 10.2 Å². The van der Waals surface area contributed by atoms with Gasteiger partial charge < -0.3 is 9.84 Å². The second-order valence-corrected chi connectivity index (χ2v) is 7.30. The average molecular weight is 524 g/mol. The maximum atomic E-state index is 11.7. The highest BCUT2D eigenvalue weighted by molar-refractivity contribution is 14.1. The molecule has 24 heavy (non-hydrogen) atoms. The van der Waals surface area contributed by atoms with Crippen LogP contribution in [0.1, 0.15) is 11.1 Å². The number of phenolic OH excluding ortho intramolecular Hbond substituents is 1. The second-order valence-electron chi connectivity index (χ2n) is 4.82. The van der Waals surface area contributed by atoms with Gasteiger partial charge in [0.2, 0.25) is 0 Å². The van der Waals surface area contributed by atoms with E-state index in [1.54, 1.807) is 30.3 Å². The first kappa shape index (κ1) is 19.0. The molecule has 0 saturated heterocycles. The van der Waals surface area contributed by atoms with Gasteiger partial charge in [0, 0.05) is 15.1 Å². The molecule has 0 radical (unpaired) electrons. The summed E-state index contributed by atoms with van der Waals surface area (Å²) in [6.07, 6.45) is 1.37. The number of hydrogen-bond acceptors (Lipinski definition) is 4. The van der Waals surface area contributed by atoms with E-state index in [9.17, 15) is 9.90 Å². The van der Waals surface area contributed by atoms with Gasteiger partial charge in [-0.05, 0) is 65.4 Å². The van der Waals surface area contributed by atoms with Gasteiger partial charge in [0.05, 0.1) is 9.78 Å². The van der Waals surface area contributed by atoms with Gasteiger partial charge in [0.1, 0.15) is 11.5 Å². The summed E-state index contributed by atoms with van der Waals surface area (Å²) < 4.78 is 6.85. The molecule has 2 N–H and O–H groups in total. The molecule has 0 spiro atoms. The van der Waals surface area contributed by atoms with Crippen molar-refractivity contribution < 1.29 is 14.6 Å². The number of halogens is 3. The summed E-state index contributed by atoms with van der Waals surface area (Å²) in [6, 6.07) is 8.61. The van der Waals surface area contributed by atoms with Crippen LogP contribution in [0.3, 0.4) is 0 Å². The van der Waals surface area contributed by atoms with Gasteiger partial charge in [-0.3, -0.25) is 4.79 Å². The van der Waals surface area contributed by atoms with Crippen LogP contribution in [0.25, 0.3) is 0 Å². The zero-order valence-electron chi connectivity index (χ0n) is 12.5. The molecular formula is C16H13BrClIN2O3. The Hall–Kier alpha value is -1.32. The molecule has 0 atom stereocenters. The molecule has 5 nitrogen and oxygen atoms in total. The SMILES string of the molecule is Cc1cc(OCC(=O)N/N=C\c2cc(Br)cc(I)c2O)ccc1Cl. The Morgan fingerprint density at radius 3 is 2.92 bits per heavy atom. The number of phenols is 1. The van der Waals surface area contributed by atoms with Crippen LogP contribution in [0.2, 0.25) is 5.02 Å². The lowest BCUT2D eigenvalue weighted by molar-refractivity contribution is -0.123. The van der Waals surface area contributed by atoms with Crippen molar-refractivity contribution in [2.24, 2.45) is 5.10 Å². The summed E-state index contributed by atoms with van der Waals surface area (Å²) >= 11 is 11.3. The highest BCUT2D eigenvalue weighted by Crippen LogP contribution is 2.27. The summed E-state index contributed by atoms with van der Waals surface area (Å²) in [5, 5.41) is 14.4. The van der Waals surface area contributed by atoms with E-state index in [1.807, 2.05) is 29.5 Å². The van der Waals surface area contributed by atoms with E-state index in [0.29, 0.717) is 19.9 Å². The maximum Gasteiger partial charge on any atom is 0.277 e. The van der Waals surface area contributed by atoms with Crippen LogP contribution in [0, 0.1) is 10.5 Å². The number of aryl methyl sites for hydroxylation is 1. The van der Waals surface area contributed by atoms with E-state index in [4.69, 9.17) is 16.3 Å². The third-order valence-electron chi connectivity index (χ3n) is 2.95. The molecule has 1 amide bonds. The number of benzene rings is 2. The van der Waals surface area contributed by atoms with Gasteiger partial charge in [0.25, 0.3) is 5.91 Å². The van der Waals surface area contributed by atoms with Crippen molar-refractivity contribution >= 4 is 62.2 Å². The summed E-state index contributed by atoms with van der Waals surface area (Å²) in [6.45, 7) is 1.67. The van der Waals surface area contributed by atoms with Gasteiger partial charge >= 0.3 is 0 Å². The number of amides is 1. The van der Waals surface area contributed by atoms with E-state index in [0.717, 1.165) is 10.0 Å². The molecule has 2 aromatic carbocycles. The normalized spacial score (nSPS) is 10.8. The van der Waals surface area contributed by atoms with E-state index in [-0.39, 0.29) is 12.4 Å². The van der Waals surface area contributed by atoms with E-state index >= 15 is 0 Å². The van der Waals surface area contributed by atoms with Gasteiger partial charge in [-0.15, -0.1) is 0 Å². The van der Waals surface area contributed by atoms with E-state index in [1.165, 1.54) is 6.21 Å². The summed E-state index contributed by atoms with van der Waals surface area (Å²) in [5.74, 6) is 0.239. The number of carbonyl (C=O) groups is 1. The average Bonchev–Trinajstić information content (AvgIpc) is 2.53. The fraction of sp³-hybridized carbons (Fsp3) is 0.125. The maximum absolute atomic E-state index is 11.7. The Balaban J connectivity index is 1.90. The molecule has 8 heteroatoms. The van der Waals surface area contributed by atoms with Crippen LogP contribution in [0.4, 0.5) is 0 Å². The number of nitrogens with one attached hydrogen (secondary N) is 1. The number of carbonyl (C=O) groups excluding carboxylic acids is 1. The lowest BCUT2D eigenvalue weighted by Gasteiger charge is -2.07. The molecule has 0 saturated carbocycles. The van der Waals surface area contributed by atoms with E-state index < -0.39 is 5.91 Å². The third-order valence-corrected chi connectivity index (χ3v) is 4.65. The monoisotopic (exact) mass is 522 g/mol. The molecule has 0 aliphatic carbocycles. The van der Waals surface area contributed by atoms with Crippen molar-refractivity contribution in [3.05, 3.63) is 54.5 Å². The fourth-order valence-corrected chi connectivity index (χ4v) is 3.41. The molecular weight excluding hydrogens is 510 g/mol. The number of aromatic hydroxyl groups is 1. The van der Waals surface area contributed by atoms with Crippen molar-refractivity contribution in [3.8, 4) is 11.5 Å². The Kier molecular flexibility index (Phi) is 6.88. The summed E-state index contributed by atoms with van der Waals surface area (Å²) in [5.41, 5.74) is 3.70. The van der Waals surface area contributed by atoms with Crippen LogP contribution in [-0.2, 0) is 4.79 Å². The van der Waals surface area contributed by atoms with Crippen molar-refractivity contribution in [1.82, 2.24) is 5.43 Å². The molecule has 2 rings (SSSR count). The second kappa shape index (κ2) is 8.68. The summed E-state index contributed by atoms with van der Waals surface area (Å²) in [7, 11) is 0. The number of hydrogen-bond donors (Lipinski definition) is 2. The van der Waals surface area contributed by atoms with Gasteiger partial charge in [-0.1, -0.05) is 27.5 Å². The summed E-state index contributed by atoms with van der Waals surface area (Å²) in [4.78, 5) is 11.7. The molecule has 0 unspecified atom stereocenters. The Labute approximate surface area is 166 Å². The fourth-order valence-electron chi connectivity index (χ4n) is 1.75. The van der Waals surface area contributed by atoms with Crippen LogP contribution in [0.5, 0.6) is 11.5 Å². The number of rotatable bonds is 5. The number of nitrogens with zero attached hydrogens (tertiary/aromatic N) is 1. The zero-order valence-corrected chi connectivity index (χ0v) is 17.0. The Morgan fingerprint density at radius 2 is 2.21 bits per heavy atom. The predicted octanol–water partition coefficient (Wildman–Crippen LogP) is 4.25. The van der Waals surface area contributed by atoms with E-state index in [2.05, 4.69) is 26.5 Å². The van der Waals surface area contributed by atoms with Crippen molar-refractivity contribution in [3.63, 3.8) is 0 Å². The highest BCUT2D eigenvalue weighted by Gasteiger charge is 2.06. The molecule has 0 bridgehead atoms. The van der Waals surface area contributed by atoms with Gasteiger partial charge in [0.15, 0.2) is 6.61 Å². The van der Waals surface area contributed by atoms with Gasteiger partial charge in [-0.25, -0.2) is 5.43 Å². The first-order chi connectivity index (χ1) is 11.4. The molecule has 0 fully saturated rings. The van der Waals surface area contributed by atoms with Crippen LogP contribution in [-0.4, -0.2) is 23.8 Å². The zero-order chi connectivity index (χ0) is 17.7. The number of hydrazone groups is 1. The van der Waals surface area contributed by atoms with Crippen LogP contribution in [0.15, 0.2) is 39.9 Å². The first-order valence-electron chi connectivity index (χ1n) is 6.75. The molecule has 0 aliphatic heterocycles. The number of ether oxygens (including phenoxy) is 1. The first-order valence-corrected chi connectivity index (χ1v) is 9.00. The molecule has 2 aromatic rings. The van der Waals surface area contributed by atoms with Crippen molar-refractivity contribution in [1.29, 1.82) is 0 Å². The molecule has 0 aromatic heterocycles. The minimum Gasteiger partial charge on any atom is -0.506 e. The topological polar surface area (TPSA) is 70.9 Å². The smallest absolute Gasteiger partial charge is 0.277 e. The minimum absolute atomic E-state index is 0.102.